The summed E-state index contributed by atoms with van der Waals surface area (Å²) in [5.41, 5.74) is 1.38. The molecule has 1 unspecified atom stereocenters. The van der Waals surface area contributed by atoms with Crippen LogP contribution in [0.2, 0.25) is 0 Å². The number of amides is 1. The predicted molar refractivity (Wildman–Crippen MR) is 89.8 cm³/mol. The summed E-state index contributed by atoms with van der Waals surface area (Å²) in [7, 11) is -3.32. The fraction of sp³-hybridized carbons (Fsp3) is 0.667. The smallest absolute Gasteiger partial charge is 0.238 e. The normalized spacial score (nSPS) is 17.0. The Labute approximate surface area is 136 Å². The molecule has 0 radical (unpaired) electrons. The van der Waals surface area contributed by atoms with Gasteiger partial charge < -0.3 is 5.32 Å². The standard InChI is InChI=1S/C15H24N2O3S2/c1-3-10-22(19,20)12(2)15(18)16-6-8-17-7-4-14-13(11-17)5-9-21-14/h5,9,12H,3-4,6-8,10-11H2,1-2H3,(H,16,18). The largest absolute Gasteiger partial charge is 0.354 e. The molecular formula is C15H24N2O3S2. The van der Waals surface area contributed by atoms with Crippen LogP contribution in [0.15, 0.2) is 11.4 Å². The molecule has 1 aromatic rings. The molecule has 0 saturated carbocycles. The molecule has 124 valence electrons. The van der Waals surface area contributed by atoms with E-state index in [-0.39, 0.29) is 11.7 Å². The molecule has 1 aliphatic heterocycles. The van der Waals surface area contributed by atoms with Gasteiger partial charge in [-0.05, 0) is 36.8 Å². The lowest BCUT2D eigenvalue weighted by atomic mass is 10.1. The molecule has 0 saturated heterocycles. The Bertz CT molecular complexity index is 610. The molecule has 1 aliphatic rings. The summed E-state index contributed by atoms with van der Waals surface area (Å²) in [6.07, 6.45) is 1.60. The van der Waals surface area contributed by atoms with Crippen LogP contribution in [0, 0.1) is 0 Å². The monoisotopic (exact) mass is 344 g/mol. The lowest BCUT2D eigenvalue weighted by Crippen LogP contribution is -2.43. The topological polar surface area (TPSA) is 66.5 Å². The Hall–Kier alpha value is -0.920. The van der Waals surface area contributed by atoms with Gasteiger partial charge in [0.25, 0.3) is 0 Å². The SMILES string of the molecule is CCCS(=O)(=O)C(C)C(=O)NCCN1CCc2sccc2C1. The van der Waals surface area contributed by atoms with Crippen molar-refractivity contribution in [2.45, 2.75) is 38.5 Å². The highest BCUT2D eigenvalue weighted by Crippen LogP contribution is 2.23. The molecule has 5 nitrogen and oxygen atoms in total. The minimum absolute atomic E-state index is 0.0641. The molecule has 7 heteroatoms. The van der Waals surface area contributed by atoms with Crippen LogP contribution >= 0.6 is 11.3 Å². The summed E-state index contributed by atoms with van der Waals surface area (Å²) in [5, 5.41) is 3.92. The molecule has 0 aliphatic carbocycles. The van der Waals surface area contributed by atoms with Gasteiger partial charge in [-0.25, -0.2) is 8.42 Å². The van der Waals surface area contributed by atoms with Crippen molar-refractivity contribution in [1.29, 1.82) is 0 Å². The quantitative estimate of drug-likeness (QED) is 0.813. The first-order valence-corrected chi connectivity index (χ1v) is 10.3. The number of hydrogen-bond acceptors (Lipinski definition) is 5. The molecule has 1 aromatic heterocycles. The fourth-order valence-electron chi connectivity index (χ4n) is 2.60. The third-order valence-electron chi connectivity index (χ3n) is 4.01. The molecule has 0 spiro atoms. The van der Waals surface area contributed by atoms with Crippen LogP contribution in [0.3, 0.4) is 0 Å². The molecule has 0 bridgehead atoms. The Morgan fingerprint density at radius 2 is 2.27 bits per heavy atom. The van der Waals surface area contributed by atoms with Crippen molar-refractivity contribution in [1.82, 2.24) is 10.2 Å². The maximum Gasteiger partial charge on any atom is 0.238 e. The number of sulfone groups is 1. The molecule has 1 amide bonds. The van der Waals surface area contributed by atoms with E-state index in [1.165, 1.54) is 17.4 Å². The van der Waals surface area contributed by atoms with Gasteiger partial charge in [0.2, 0.25) is 5.91 Å². The molecule has 1 atom stereocenters. The second-order valence-electron chi connectivity index (χ2n) is 5.70. The van der Waals surface area contributed by atoms with E-state index in [0.717, 1.165) is 26.1 Å². The summed E-state index contributed by atoms with van der Waals surface area (Å²) in [4.78, 5) is 15.7. The van der Waals surface area contributed by atoms with Crippen molar-refractivity contribution in [3.63, 3.8) is 0 Å². The lowest BCUT2D eigenvalue weighted by Gasteiger charge is -2.26. The minimum Gasteiger partial charge on any atom is -0.354 e. The second-order valence-corrected chi connectivity index (χ2v) is 9.14. The highest BCUT2D eigenvalue weighted by atomic mass is 32.2. The van der Waals surface area contributed by atoms with Gasteiger partial charge in [0.1, 0.15) is 5.25 Å². The third kappa shape index (κ3) is 4.30. The Balaban J connectivity index is 1.76. The van der Waals surface area contributed by atoms with Gasteiger partial charge in [0.15, 0.2) is 9.84 Å². The van der Waals surface area contributed by atoms with E-state index in [4.69, 9.17) is 0 Å². The number of nitrogens with zero attached hydrogens (tertiary/aromatic N) is 1. The average molecular weight is 345 g/mol. The van der Waals surface area contributed by atoms with Gasteiger partial charge in [0, 0.05) is 31.1 Å². The van der Waals surface area contributed by atoms with E-state index in [9.17, 15) is 13.2 Å². The zero-order valence-electron chi connectivity index (χ0n) is 13.2. The van der Waals surface area contributed by atoms with Crippen LogP contribution in [0.5, 0.6) is 0 Å². The third-order valence-corrected chi connectivity index (χ3v) is 7.30. The van der Waals surface area contributed by atoms with E-state index >= 15 is 0 Å². The Morgan fingerprint density at radius 3 is 3.00 bits per heavy atom. The van der Waals surface area contributed by atoms with Crippen LogP contribution in [0.1, 0.15) is 30.7 Å². The molecule has 0 fully saturated rings. The average Bonchev–Trinajstić information content (AvgIpc) is 2.93. The maximum absolute atomic E-state index is 12.0. The molecule has 22 heavy (non-hydrogen) atoms. The number of hydrogen-bond donors (Lipinski definition) is 1. The van der Waals surface area contributed by atoms with Crippen LogP contribution in [0.4, 0.5) is 0 Å². The highest BCUT2D eigenvalue weighted by Gasteiger charge is 2.26. The van der Waals surface area contributed by atoms with E-state index in [0.29, 0.717) is 13.0 Å². The van der Waals surface area contributed by atoms with Crippen LogP contribution < -0.4 is 5.32 Å². The molecular weight excluding hydrogens is 320 g/mol. The number of carbonyl (C=O) groups excluding carboxylic acids is 1. The Morgan fingerprint density at radius 1 is 1.50 bits per heavy atom. The summed E-state index contributed by atoms with van der Waals surface area (Å²) >= 11 is 1.80. The van der Waals surface area contributed by atoms with Crippen molar-refractivity contribution < 1.29 is 13.2 Å². The van der Waals surface area contributed by atoms with Crippen molar-refractivity contribution in [2.75, 3.05) is 25.4 Å². The van der Waals surface area contributed by atoms with Gasteiger partial charge in [0.05, 0.1) is 5.75 Å². The number of rotatable bonds is 7. The molecule has 0 aromatic carbocycles. The number of fused-ring (bicyclic) bond motifs is 1. The summed E-state index contributed by atoms with van der Waals surface area (Å²) in [6, 6.07) is 2.16. The number of carbonyl (C=O) groups is 1. The maximum atomic E-state index is 12.0. The highest BCUT2D eigenvalue weighted by molar-refractivity contribution is 7.92. The zero-order chi connectivity index (χ0) is 16.2. The lowest BCUT2D eigenvalue weighted by molar-refractivity contribution is -0.120. The molecule has 2 heterocycles. The summed E-state index contributed by atoms with van der Waals surface area (Å²) in [5.74, 6) is -0.323. The summed E-state index contributed by atoms with van der Waals surface area (Å²) in [6.45, 7) is 6.42. The number of nitrogens with one attached hydrogen (secondary N) is 1. The second kappa shape index (κ2) is 7.57. The van der Waals surface area contributed by atoms with Gasteiger partial charge in [-0.2, -0.15) is 0 Å². The van der Waals surface area contributed by atoms with E-state index in [2.05, 4.69) is 21.7 Å². The minimum atomic E-state index is -3.32. The van der Waals surface area contributed by atoms with Crippen LogP contribution in [-0.4, -0.2) is 49.9 Å². The van der Waals surface area contributed by atoms with E-state index < -0.39 is 15.1 Å². The van der Waals surface area contributed by atoms with Crippen LogP contribution in [0.25, 0.3) is 0 Å². The van der Waals surface area contributed by atoms with Crippen molar-refractivity contribution >= 4 is 27.1 Å². The van der Waals surface area contributed by atoms with Gasteiger partial charge in [-0.15, -0.1) is 11.3 Å². The van der Waals surface area contributed by atoms with Crippen molar-refractivity contribution in [3.8, 4) is 0 Å². The van der Waals surface area contributed by atoms with Gasteiger partial charge >= 0.3 is 0 Å². The molecule has 2 rings (SSSR count). The van der Waals surface area contributed by atoms with E-state index in [1.54, 1.807) is 18.3 Å². The zero-order valence-corrected chi connectivity index (χ0v) is 14.8. The molecule has 1 N–H and O–H groups in total. The van der Waals surface area contributed by atoms with Gasteiger partial charge in [-0.1, -0.05) is 6.92 Å². The first kappa shape index (κ1) is 17.4. The van der Waals surface area contributed by atoms with Crippen molar-refractivity contribution in [2.24, 2.45) is 0 Å². The Kier molecular flexibility index (Phi) is 6.00. The fourth-order valence-corrected chi connectivity index (χ4v) is 4.82. The first-order valence-electron chi connectivity index (χ1n) is 7.71. The van der Waals surface area contributed by atoms with Gasteiger partial charge in [-0.3, -0.25) is 9.69 Å². The number of thiophene rings is 1. The van der Waals surface area contributed by atoms with Crippen molar-refractivity contribution in [3.05, 3.63) is 21.9 Å². The predicted octanol–water partition coefficient (Wildman–Crippen LogP) is 1.44. The van der Waals surface area contributed by atoms with Crippen LogP contribution in [-0.2, 0) is 27.6 Å². The van der Waals surface area contributed by atoms with E-state index in [1.807, 2.05) is 0 Å². The summed E-state index contributed by atoms with van der Waals surface area (Å²) < 4.78 is 23.7. The first-order chi connectivity index (χ1) is 10.4.